The highest BCUT2D eigenvalue weighted by molar-refractivity contribution is 14.0. The van der Waals surface area contributed by atoms with Gasteiger partial charge in [0.1, 0.15) is 0 Å². The summed E-state index contributed by atoms with van der Waals surface area (Å²) in [5.41, 5.74) is 1.18. The van der Waals surface area contributed by atoms with Crippen LogP contribution < -0.4 is 16.0 Å². The van der Waals surface area contributed by atoms with Gasteiger partial charge in [0.15, 0.2) is 5.96 Å². The van der Waals surface area contributed by atoms with Crippen molar-refractivity contribution in [1.82, 2.24) is 16.0 Å². The van der Waals surface area contributed by atoms with Crippen molar-refractivity contribution in [2.45, 2.75) is 53.2 Å². The molecule has 0 aliphatic carbocycles. The lowest BCUT2D eigenvalue weighted by molar-refractivity contribution is -0.121. The van der Waals surface area contributed by atoms with E-state index in [1.165, 1.54) is 5.56 Å². The second-order valence-electron chi connectivity index (χ2n) is 6.88. The van der Waals surface area contributed by atoms with Crippen LogP contribution in [0.15, 0.2) is 35.3 Å². The van der Waals surface area contributed by atoms with Crippen LogP contribution in [0, 0.1) is 5.92 Å². The number of aliphatic imine (C=N–C) groups is 1. The van der Waals surface area contributed by atoms with E-state index in [1.54, 1.807) is 0 Å². The van der Waals surface area contributed by atoms with Gasteiger partial charge in [-0.3, -0.25) is 9.79 Å². The Balaban J connectivity index is 0.00000729. The fraction of sp³-hybridized carbons (Fsp3) is 0.619. The summed E-state index contributed by atoms with van der Waals surface area (Å²) in [6.45, 7) is 11.5. The largest absolute Gasteiger partial charge is 0.376 e. The van der Waals surface area contributed by atoms with Gasteiger partial charge in [0, 0.05) is 32.1 Å². The van der Waals surface area contributed by atoms with Gasteiger partial charge in [-0.25, -0.2) is 0 Å². The third-order valence-electron chi connectivity index (χ3n) is 4.08. The van der Waals surface area contributed by atoms with Crippen molar-refractivity contribution in [2.75, 3.05) is 26.2 Å². The number of nitrogens with zero attached hydrogens (tertiary/aromatic N) is 1. The van der Waals surface area contributed by atoms with Crippen LogP contribution >= 0.6 is 24.0 Å². The van der Waals surface area contributed by atoms with Crippen LogP contribution in [0.5, 0.6) is 0 Å². The first-order valence-electron chi connectivity index (χ1n) is 9.98. The molecular weight excluding hydrogens is 467 g/mol. The second-order valence-corrected chi connectivity index (χ2v) is 6.88. The van der Waals surface area contributed by atoms with E-state index < -0.39 is 0 Å². The molecule has 1 aromatic carbocycles. The normalized spacial score (nSPS) is 13.2. The highest BCUT2D eigenvalue weighted by Crippen LogP contribution is 2.03. The van der Waals surface area contributed by atoms with E-state index in [0.29, 0.717) is 38.6 Å². The molecule has 3 N–H and O–H groups in total. The number of guanidine groups is 1. The van der Waals surface area contributed by atoms with E-state index in [0.717, 1.165) is 18.9 Å². The van der Waals surface area contributed by atoms with Crippen molar-refractivity contribution in [2.24, 2.45) is 10.9 Å². The van der Waals surface area contributed by atoms with Crippen LogP contribution in [0.4, 0.5) is 0 Å². The number of nitrogens with one attached hydrogen (secondary N) is 3. The SMILES string of the molecule is CCNC(=NCC(C)COCc1ccccc1)NCCC(=O)NC(C)CC.I. The van der Waals surface area contributed by atoms with Crippen molar-refractivity contribution in [3.63, 3.8) is 0 Å². The maximum Gasteiger partial charge on any atom is 0.221 e. The van der Waals surface area contributed by atoms with Crippen molar-refractivity contribution in [3.05, 3.63) is 35.9 Å². The summed E-state index contributed by atoms with van der Waals surface area (Å²) in [7, 11) is 0. The average molecular weight is 504 g/mol. The molecule has 0 aromatic heterocycles. The minimum atomic E-state index is 0. The molecule has 2 atom stereocenters. The summed E-state index contributed by atoms with van der Waals surface area (Å²) < 4.78 is 5.77. The monoisotopic (exact) mass is 504 g/mol. The topological polar surface area (TPSA) is 74.8 Å². The lowest BCUT2D eigenvalue weighted by Crippen LogP contribution is -2.40. The molecule has 1 amide bonds. The number of carbonyl (C=O) groups is 1. The molecule has 0 radical (unpaired) electrons. The van der Waals surface area contributed by atoms with Crippen LogP contribution in [0.3, 0.4) is 0 Å². The van der Waals surface area contributed by atoms with Crippen LogP contribution in [0.25, 0.3) is 0 Å². The molecule has 160 valence electrons. The van der Waals surface area contributed by atoms with E-state index in [1.807, 2.05) is 32.0 Å². The minimum absolute atomic E-state index is 0. The zero-order valence-electron chi connectivity index (χ0n) is 17.7. The maximum atomic E-state index is 11.8. The molecule has 7 heteroatoms. The number of halogens is 1. The summed E-state index contributed by atoms with van der Waals surface area (Å²) >= 11 is 0. The van der Waals surface area contributed by atoms with Gasteiger partial charge in [0.2, 0.25) is 5.91 Å². The van der Waals surface area contributed by atoms with Crippen LogP contribution in [0.1, 0.15) is 46.1 Å². The van der Waals surface area contributed by atoms with Crippen molar-refractivity contribution in [1.29, 1.82) is 0 Å². The highest BCUT2D eigenvalue weighted by atomic mass is 127. The molecule has 0 aliphatic heterocycles. The van der Waals surface area contributed by atoms with Gasteiger partial charge in [-0.1, -0.05) is 44.2 Å². The number of amides is 1. The van der Waals surface area contributed by atoms with Gasteiger partial charge in [0.25, 0.3) is 0 Å². The first-order chi connectivity index (χ1) is 13.0. The van der Waals surface area contributed by atoms with Crippen molar-refractivity contribution in [3.8, 4) is 0 Å². The maximum absolute atomic E-state index is 11.8. The smallest absolute Gasteiger partial charge is 0.221 e. The zero-order valence-corrected chi connectivity index (χ0v) is 20.0. The van der Waals surface area contributed by atoms with Crippen molar-refractivity contribution < 1.29 is 9.53 Å². The first-order valence-corrected chi connectivity index (χ1v) is 9.98. The number of ether oxygens (including phenoxy) is 1. The van der Waals surface area contributed by atoms with Crippen molar-refractivity contribution >= 4 is 35.8 Å². The van der Waals surface area contributed by atoms with Gasteiger partial charge in [-0.05, 0) is 31.7 Å². The van der Waals surface area contributed by atoms with Crippen LogP contribution in [0.2, 0.25) is 0 Å². The Morgan fingerprint density at radius 3 is 2.50 bits per heavy atom. The third-order valence-corrected chi connectivity index (χ3v) is 4.08. The fourth-order valence-electron chi connectivity index (χ4n) is 2.34. The van der Waals surface area contributed by atoms with E-state index in [-0.39, 0.29) is 35.9 Å². The first kappa shape index (κ1) is 26.6. The van der Waals surface area contributed by atoms with Crippen LogP contribution in [-0.4, -0.2) is 44.1 Å². The predicted molar refractivity (Wildman–Crippen MR) is 127 cm³/mol. The number of benzene rings is 1. The molecule has 1 aromatic rings. The Labute approximate surface area is 187 Å². The quantitative estimate of drug-likeness (QED) is 0.232. The molecule has 0 saturated heterocycles. The molecule has 0 aliphatic rings. The van der Waals surface area contributed by atoms with E-state index in [4.69, 9.17) is 4.74 Å². The number of rotatable bonds is 12. The Morgan fingerprint density at radius 1 is 1.14 bits per heavy atom. The molecule has 6 nitrogen and oxygen atoms in total. The van der Waals surface area contributed by atoms with E-state index in [9.17, 15) is 4.79 Å². The van der Waals surface area contributed by atoms with Gasteiger partial charge < -0.3 is 20.7 Å². The third kappa shape index (κ3) is 12.9. The zero-order chi connectivity index (χ0) is 19.9. The Hall–Kier alpha value is -1.35. The van der Waals surface area contributed by atoms with E-state index in [2.05, 4.69) is 46.9 Å². The summed E-state index contributed by atoms with van der Waals surface area (Å²) in [5.74, 6) is 1.12. The summed E-state index contributed by atoms with van der Waals surface area (Å²) in [6, 6.07) is 10.4. The summed E-state index contributed by atoms with van der Waals surface area (Å²) in [4.78, 5) is 16.4. The number of hydrogen-bond donors (Lipinski definition) is 3. The molecule has 0 saturated carbocycles. The Morgan fingerprint density at radius 2 is 1.86 bits per heavy atom. The lowest BCUT2D eigenvalue weighted by Gasteiger charge is -2.15. The Kier molecular flexibility index (Phi) is 15.8. The minimum Gasteiger partial charge on any atom is -0.376 e. The fourth-order valence-corrected chi connectivity index (χ4v) is 2.34. The average Bonchev–Trinajstić information content (AvgIpc) is 2.66. The molecule has 0 bridgehead atoms. The molecule has 0 heterocycles. The van der Waals surface area contributed by atoms with Crippen LogP contribution in [-0.2, 0) is 16.1 Å². The van der Waals surface area contributed by atoms with Gasteiger partial charge in [-0.15, -0.1) is 24.0 Å². The molecular formula is C21H37IN4O2. The standard InChI is InChI=1S/C21H36N4O2.HI/c1-5-18(4)25-20(26)12-13-23-21(22-6-2)24-14-17(3)15-27-16-19-10-8-7-9-11-19;/h7-11,17-18H,5-6,12-16H2,1-4H3,(H,25,26)(H2,22,23,24);1H. The number of carbonyl (C=O) groups excluding carboxylic acids is 1. The van der Waals surface area contributed by atoms with E-state index >= 15 is 0 Å². The lowest BCUT2D eigenvalue weighted by atomic mass is 10.2. The van der Waals surface area contributed by atoms with Gasteiger partial charge in [0.05, 0.1) is 13.2 Å². The number of hydrogen-bond acceptors (Lipinski definition) is 3. The predicted octanol–water partition coefficient (Wildman–Crippen LogP) is 3.32. The second kappa shape index (κ2) is 16.6. The Bertz CT molecular complexity index is 555. The van der Waals surface area contributed by atoms with Gasteiger partial charge in [-0.2, -0.15) is 0 Å². The molecule has 2 unspecified atom stereocenters. The molecule has 0 fully saturated rings. The molecule has 28 heavy (non-hydrogen) atoms. The highest BCUT2D eigenvalue weighted by Gasteiger charge is 2.07. The molecule has 0 spiro atoms. The molecule has 1 rings (SSSR count). The van der Waals surface area contributed by atoms with Gasteiger partial charge >= 0.3 is 0 Å². The summed E-state index contributed by atoms with van der Waals surface area (Å²) in [5, 5.41) is 9.40. The summed E-state index contributed by atoms with van der Waals surface area (Å²) in [6.07, 6.45) is 1.37.